The van der Waals surface area contributed by atoms with E-state index in [4.69, 9.17) is 4.42 Å². The average Bonchev–Trinajstić information content (AvgIpc) is 2.98. The Bertz CT molecular complexity index is 675. The molecule has 8 heteroatoms. The maximum Gasteiger partial charge on any atom is 0.200 e. The number of aromatic nitrogens is 3. The molecule has 2 aromatic heterocycles. The molecule has 20 heavy (non-hydrogen) atoms. The molecule has 0 aliphatic heterocycles. The molecule has 0 radical (unpaired) electrons. The highest BCUT2D eigenvalue weighted by Gasteiger charge is 2.15. The first-order valence-electron chi connectivity index (χ1n) is 5.90. The van der Waals surface area contributed by atoms with Gasteiger partial charge in [-0.3, -0.25) is 4.57 Å². The van der Waals surface area contributed by atoms with Crippen LogP contribution in [0.2, 0.25) is 0 Å². The molecular weight excluding hydrogens is 298 g/mol. The van der Waals surface area contributed by atoms with Crippen LogP contribution >= 0.6 is 11.8 Å². The highest BCUT2D eigenvalue weighted by Crippen LogP contribution is 2.24. The maximum atomic E-state index is 11.1. The van der Waals surface area contributed by atoms with E-state index in [0.717, 1.165) is 0 Å². The lowest BCUT2D eigenvalue weighted by atomic mass is 10.4. The summed E-state index contributed by atoms with van der Waals surface area (Å²) in [5, 5.41) is 8.83. The smallest absolute Gasteiger partial charge is 0.200 e. The van der Waals surface area contributed by atoms with Gasteiger partial charge in [-0.15, -0.1) is 16.8 Å². The molecule has 0 aliphatic carbocycles. The molecule has 0 spiro atoms. The Morgan fingerprint density at radius 2 is 2.30 bits per heavy atom. The third kappa shape index (κ3) is 3.73. The summed E-state index contributed by atoms with van der Waals surface area (Å²) in [6.45, 7) is 4.24. The van der Waals surface area contributed by atoms with Gasteiger partial charge in [0, 0.05) is 18.6 Å². The van der Waals surface area contributed by atoms with Crippen molar-refractivity contribution in [2.75, 3.05) is 17.8 Å². The number of sulfone groups is 1. The molecule has 2 aromatic rings. The Hall–Kier alpha value is -1.54. The number of rotatable bonds is 7. The summed E-state index contributed by atoms with van der Waals surface area (Å²) in [6, 6.07) is 3.58. The average molecular weight is 313 g/mol. The van der Waals surface area contributed by atoms with E-state index in [1.54, 1.807) is 24.5 Å². The van der Waals surface area contributed by atoms with Crippen LogP contribution in [0.25, 0.3) is 11.6 Å². The number of nitrogens with zero attached hydrogens (tertiary/aromatic N) is 3. The van der Waals surface area contributed by atoms with E-state index < -0.39 is 9.84 Å². The van der Waals surface area contributed by atoms with Crippen molar-refractivity contribution in [1.29, 1.82) is 0 Å². The number of hydrogen-bond donors (Lipinski definition) is 0. The first-order chi connectivity index (χ1) is 9.51. The molecule has 0 saturated carbocycles. The van der Waals surface area contributed by atoms with Gasteiger partial charge in [-0.2, -0.15) is 0 Å². The number of allylic oxidation sites excluding steroid dienone is 1. The first kappa shape index (κ1) is 14.9. The third-order valence-corrected chi connectivity index (χ3v) is 4.63. The van der Waals surface area contributed by atoms with Crippen LogP contribution in [0.4, 0.5) is 0 Å². The van der Waals surface area contributed by atoms with Crippen molar-refractivity contribution in [1.82, 2.24) is 14.8 Å². The van der Waals surface area contributed by atoms with E-state index >= 15 is 0 Å². The fourth-order valence-corrected chi connectivity index (χ4v) is 3.70. The predicted molar refractivity (Wildman–Crippen MR) is 78.4 cm³/mol. The van der Waals surface area contributed by atoms with Crippen LogP contribution in [0.15, 0.2) is 40.6 Å². The second kappa shape index (κ2) is 6.27. The van der Waals surface area contributed by atoms with Gasteiger partial charge in [0.1, 0.15) is 9.84 Å². The van der Waals surface area contributed by atoms with Crippen molar-refractivity contribution in [2.24, 2.45) is 0 Å². The lowest BCUT2D eigenvalue weighted by Gasteiger charge is -2.05. The zero-order chi connectivity index (χ0) is 14.6. The molecule has 0 atom stereocenters. The molecule has 0 amide bonds. The van der Waals surface area contributed by atoms with E-state index in [9.17, 15) is 8.42 Å². The standard InChI is InChI=1S/C12H15N3O3S2/c1-3-6-15-11(10-5-4-7-18-10)13-14-12(15)19-8-9-20(2,16)17/h3-5,7H,1,6,8-9H2,2H3. The van der Waals surface area contributed by atoms with E-state index in [2.05, 4.69) is 16.8 Å². The zero-order valence-electron chi connectivity index (χ0n) is 11.0. The molecule has 0 unspecified atom stereocenters. The minimum atomic E-state index is -2.97. The van der Waals surface area contributed by atoms with Crippen molar-refractivity contribution in [3.63, 3.8) is 0 Å². The minimum absolute atomic E-state index is 0.106. The Balaban J connectivity index is 2.19. The normalized spacial score (nSPS) is 11.7. The van der Waals surface area contributed by atoms with Crippen molar-refractivity contribution < 1.29 is 12.8 Å². The SMILES string of the molecule is C=CCn1c(SCCS(C)(=O)=O)nnc1-c1ccco1. The largest absolute Gasteiger partial charge is 0.461 e. The van der Waals surface area contributed by atoms with Gasteiger partial charge in [-0.25, -0.2) is 8.42 Å². The van der Waals surface area contributed by atoms with Crippen LogP contribution in [0.1, 0.15) is 0 Å². The quantitative estimate of drug-likeness (QED) is 0.573. The van der Waals surface area contributed by atoms with Crippen molar-refractivity contribution in [2.45, 2.75) is 11.7 Å². The lowest BCUT2D eigenvalue weighted by Crippen LogP contribution is -2.06. The second-order valence-electron chi connectivity index (χ2n) is 4.16. The van der Waals surface area contributed by atoms with Crippen LogP contribution in [-0.2, 0) is 16.4 Å². The molecular formula is C12H15N3O3S2. The van der Waals surface area contributed by atoms with E-state index in [0.29, 0.717) is 29.0 Å². The molecule has 0 fully saturated rings. The third-order valence-electron chi connectivity index (χ3n) is 2.46. The topological polar surface area (TPSA) is 78.0 Å². The van der Waals surface area contributed by atoms with Crippen LogP contribution in [0.5, 0.6) is 0 Å². The summed E-state index contributed by atoms with van der Waals surface area (Å²) in [5.74, 6) is 1.77. The van der Waals surface area contributed by atoms with Gasteiger partial charge in [0.25, 0.3) is 0 Å². The number of furan rings is 1. The molecule has 0 bridgehead atoms. The molecule has 6 nitrogen and oxygen atoms in total. The summed E-state index contributed by atoms with van der Waals surface area (Å²) >= 11 is 1.35. The molecule has 0 aromatic carbocycles. The fraction of sp³-hybridized carbons (Fsp3) is 0.333. The number of thioether (sulfide) groups is 1. The summed E-state index contributed by atoms with van der Waals surface area (Å²) < 4.78 is 29.4. The highest BCUT2D eigenvalue weighted by atomic mass is 32.2. The van der Waals surface area contributed by atoms with Gasteiger partial charge < -0.3 is 4.42 Å². The van der Waals surface area contributed by atoms with E-state index in [-0.39, 0.29) is 5.75 Å². The van der Waals surface area contributed by atoms with Gasteiger partial charge in [-0.1, -0.05) is 17.8 Å². The second-order valence-corrected chi connectivity index (χ2v) is 7.48. The van der Waals surface area contributed by atoms with Crippen LogP contribution in [-0.4, -0.2) is 40.9 Å². The van der Waals surface area contributed by atoms with Crippen molar-refractivity contribution in [3.05, 3.63) is 31.1 Å². The Kier molecular flexibility index (Phi) is 4.66. The van der Waals surface area contributed by atoms with Gasteiger partial charge >= 0.3 is 0 Å². The monoisotopic (exact) mass is 313 g/mol. The molecule has 108 valence electrons. The fourth-order valence-electron chi connectivity index (χ4n) is 1.56. The zero-order valence-corrected chi connectivity index (χ0v) is 12.7. The molecule has 0 N–H and O–H groups in total. The first-order valence-corrected chi connectivity index (χ1v) is 8.94. The van der Waals surface area contributed by atoms with Gasteiger partial charge in [0.15, 0.2) is 10.9 Å². The summed E-state index contributed by atoms with van der Waals surface area (Å²) in [4.78, 5) is 0. The van der Waals surface area contributed by atoms with Crippen LogP contribution < -0.4 is 0 Å². The van der Waals surface area contributed by atoms with Crippen LogP contribution in [0.3, 0.4) is 0 Å². The van der Waals surface area contributed by atoms with Gasteiger partial charge in [0.2, 0.25) is 5.82 Å². The molecule has 0 saturated heterocycles. The Morgan fingerprint density at radius 1 is 1.50 bits per heavy atom. The highest BCUT2D eigenvalue weighted by molar-refractivity contribution is 8.00. The van der Waals surface area contributed by atoms with Gasteiger partial charge in [-0.05, 0) is 12.1 Å². The van der Waals surface area contributed by atoms with Crippen LogP contribution in [0, 0.1) is 0 Å². The molecule has 2 rings (SSSR count). The maximum absolute atomic E-state index is 11.1. The Morgan fingerprint density at radius 3 is 2.90 bits per heavy atom. The van der Waals surface area contributed by atoms with E-state index in [1.807, 2.05) is 4.57 Å². The van der Waals surface area contributed by atoms with E-state index in [1.165, 1.54) is 18.0 Å². The number of hydrogen-bond acceptors (Lipinski definition) is 6. The summed E-state index contributed by atoms with van der Waals surface area (Å²) in [6.07, 6.45) is 4.52. The molecule has 0 aliphatic rings. The van der Waals surface area contributed by atoms with Gasteiger partial charge in [0.05, 0.1) is 12.0 Å². The Labute approximate surface area is 121 Å². The summed E-state index contributed by atoms with van der Waals surface area (Å²) in [7, 11) is -2.97. The van der Waals surface area contributed by atoms with Crippen molar-refractivity contribution in [3.8, 4) is 11.6 Å². The lowest BCUT2D eigenvalue weighted by molar-refractivity contribution is 0.569. The van der Waals surface area contributed by atoms with Crippen molar-refractivity contribution >= 4 is 21.6 Å². The molecule has 2 heterocycles. The summed E-state index contributed by atoms with van der Waals surface area (Å²) in [5.41, 5.74) is 0. The minimum Gasteiger partial charge on any atom is -0.461 e. The predicted octanol–water partition coefficient (Wildman–Crippen LogP) is 1.86.